The van der Waals surface area contributed by atoms with Crippen molar-refractivity contribution in [2.24, 2.45) is 5.41 Å². The van der Waals surface area contributed by atoms with Crippen LogP contribution in [0.15, 0.2) is 12.1 Å². The molecule has 1 atom stereocenters. The van der Waals surface area contributed by atoms with Gasteiger partial charge in [-0.25, -0.2) is 0 Å². The Morgan fingerprint density at radius 3 is 2.83 bits per heavy atom. The normalized spacial score (nSPS) is 19.2. The van der Waals surface area contributed by atoms with Crippen molar-refractivity contribution >= 4 is 11.5 Å². The van der Waals surface area contributed by atoms with E-state index in [2.05, 4.69) is 36.4 Å². The summed E-state index contributed by atoms with van der Waals surface area (Å²) in [7, 11) is 1.64. The van der Waals surface area contributed by atoms with Gasteiger partial charge in [-0.15, -0.1) is 0 Å². The number of methoxy groups -OCH3 is 1. The van der Waals surface area contributed by atoms with Crippen LogP contribution in [-0.2, 0) is 0 Å². The van der Waals surface area contributed by atoms with Gasteiger partial charge in [0, 0.05) is 18.7 Å². The van der Waals surface area contributed by atoms with Gasteiger partial charge >= 0.3 is 0 Å². The van der Waals surface area contributed by atoms with Gasteiger partial charge in [0.05, 0.1) is 12.8 Å². The molecule has 1 aliphatic heterocycles. The van der Waals surface area contributed by atoms with Crippen LogP contribution in [0, 0.1) is 5.41 Å². The topological polar surface area (TPSA) is 46.2 Å². The molecule has 0 fully saturated rings. The van der Waals surface area contributed by atoms with Crippen molar-refractivity contribution in [3.8, 4) is 5.88 Å². The number of anilines is 2. The number of nitrogens with one attached hydrogen (secondary N) is 2. The number of ether oxygens (including phenoxy) is 1. The summed E-state index contributed by atoms with van der Waals surface area (Å²) in [6.45, 7) is 7.79. The third kappa shape index (κ3) is 3.28. The Hall–Kier alpha value is -1.45. The van der Waals surface area contributed by atoms with Crippen molar-refractivity contribution in [3.63, 3.8) is 0 Å². The van der Waals surface area contributed by atoms with Crippen LogP contribution in [0.5, 0.6) is 5.88 Å². The summed E-state index contributed by atoms with van der Waals surface area (Å²) in [6.07, 6.45) is 2.24. The minimum absolute atomic E-state index is 0.320. The lowest BCUT2D eigenvalue weighted by molar-refractivity contribution is 0.344. The lowest BCUT2D eigenvalue weighted by Crippen LogP contribution is -2.26. The molecule has 0 spiro atoms. The van der Waals surface area contributed by atoms with Gasteiger partial charge in [-0.1, -0.05) is 20.8 Å². The molecule has 2 heterocycles. The Kier molecular flexibility index (Phi) is 3.64. The number of rotatable bonds is 2. The van der Waals surface area contributed by atoms with Crippen molar-refractivity contribution in [1.29, 1.82) is 0 Å². The van der Waals surface area contributed by atoms with Crippen molar-refractivity contribution in [2.45, 2.75) is 39.7 Å². The lowest BCUT2D eigenvalue weighted by Gasteiger charge is -2.26. The zero-order valence-corrected chi connectivity index (χ0v) is 11.7. The number of hydrogen-bond acceptors (Lipinski definition) is 4. The van der Waals surface area contributed by atoms with Crippen LogP contribution in [0.1, 0.15) is 33.6 Å². The molecule has 0 aromatic carbocycles. The van der Waals surface area contributed by atoms with E-state index in [1.54, 1.807) is 7.11 Å². The van der Waals surface area contributed by atoms with Crippen molar-refractivity contribution in [2.75, 3.05) is 24.3 Å². The molecule has 0 amide bonds. The molecule has 0 radical (unpaired) electrons. The van der Waals surface area contributed by atoms with Crippen LogP contribution in [0.3, 0.4) is 0 Å². The first-order chi connectivity index (χ1) is 8.48. The second-order valence-corrected chi connectivity index (χ2v) is 6.07. The summed E-state index contributed by atoms with van der Waals surface area (Å²) >= 11 is 0. The van der Waals surface area contributed by atoms with Crippen molar-refractivity contribution in [3.05, 3.63) is 12.1 Å². The Labute approximate surface area is 109 Å². The SMILES string of the molecule is COc1ccc2c(n1)NC(CC(C)(C)C)CCN2. The molecule has 4 nitrogen and oxygen atoms in total. The Balaban J connectivity index is 2.17. The Morgan fingerprint density at radius 1 is 1.39 bits per heavy atom. The van der Waals surface area contributed by atoms with Gasteiger partial charge in [0.2, 0.25) is 5.88 Å². The molecule has 2 N–H and O–H groups in total. The van der Waals surface area contributed by atoms with Gasteiger partial charge in [0.25, 0.3) is 0 Å². The summed E-state index contributed by atoms with van der Waals surface area (Å²) in [6, 6.07) is 4.36. The summed E-state index contributed by atoms with van der Waals surface area (Å²) in [4.78, 5) is 4.48. The van der Waals surface area contributed by atoms with Gasteiger partial charge in [-0.2, -0.15) is 4.98 Å². The third-order valence-corrected chi connectivity index (χ3v) is 3.09. The van der Waals surface area contributed by atoms with Crippen LogP contribution in [0.4, 0.5) is 11.5 Å². The van der Waals surface area contributed by atoms with Gasteiger partial charge in [-0.3, -0.25) is 0 Å². The maximum absolute atomic E-state index is 5.18. The highest BCUT2D eigenvalue weighted by Gasteiger charge is 2.22. The highest BCUT2D eigenvalue weighted by molar-refractivity contribution is 5.66. The Bertz CT molecular complexity index is 412. The molecule has 18 heavy (non-hydrogen) atoms. The predicted molar refractivity (Wildman–Crippen MR) is 75.4 cm³/mol. The van der Waals surface area contributed by atoms with E-state index in [9.17, 15) is 0 Å². The lowest BCUT2D eigenvalue weighted by atomic mass is 9.87. The van der Waals surface area contributed by atoms with E-state index in [1.807, 2.05) is 12.1 Å². The Morgan fingerprint density at radius 2 is 2.17 bits per heavy atom. The van der Waals surface area contributed by atoms with Crippen LogP contribution in [-0.4, -0.2) is 24.7 Å². The van der Waals surface area contributed by atoms with E-state index in [0.29, 0.717) is 17.3 Å². The second-order valence-electron chi connectivity index (χ2n) is 6.07. The van der Waals surface area contributed by atoms with Crippen molar-refractivity contribution < 1.29 is 4.74 Å². The average molecular weight is 249 g/mol. The third-order valence-electron chi connectivity index (χ3n) is 3.09. The molecule has 1 aromatic heterocycles. The molecule has 100 valence electrons. The molecule has 1 unspecified atom stereocenters. The first-order valence-electron chi connectivity index (χ1n) is 6.53. The summed E-state index contributed by atoms with van der Waals surface area (Å²) in [5, 5.41) is 6.95. The molecule has 0 saturated carbocycles. The smallest absolute Gasteiger partial charge is 0.215 e. The minimum Gasteiger partial charge on any atom is -0.481 e. The molecule has 0 saturated heterocycles. The maximum Gasteiger partial charge on any atom is 0.215 e. The summed E-state index contributed by atoms with van der Waals surface area (Å²) in [5.41, 5.74) is 1.38. The number of hydrogen-bond donors (Lipinski definition) is 2. The molecule has 0 bridgehead atoms. The highest BCUT2D eigenvalue weighted by Crippen LogP contribution is 2.30. The van der Waals surface area contributed by atoms with Gasteiger partial charge < -0.3 is 15.4 Å². The fourth-order valence-electron chi connectivity index (χ4n) is 2.35. The quantitative estimate of drug-likeness (QED) is 0.845. The van der Waals surface area contributed by atoms with Crippen LogP contribution >= 0.6 is 0 Å². The van der Waals surface area contributed by atoms with E-state index in [-0.39, 0.29) is 0 Å². The average Bonchev–Trinajstić information content (AvgIpc) is 2.47. The van der Waals surface area contributed by atoms with E-state index in [4.69, 9.17) is 4.74 Å². The summed E-state index contributed by atoms with van der Waals surface area (Å²) < 4.78 is 5.18. The number of aromatic nitrogens is 1. The molecule has 1 aliphatic rings. The zero-order chi connectivity index (χ0) is 13.2. The van der Waals surface area contributed by atoms with E-state index in [0.717, 1.165) is 30.9 Å². The van der Waals surface area contributed by atoms with Crippen LogP contribution in [0.25, 0.3) is 0 Å². The van der Waals surface area contributed by atoms with Gasteiger partial charge in [0.15, 0.2) is 5.82 Å². The number of fused-ring (bicyclic) bond motifs is 1. The fourth-order valence-corrected chi connectivity index (χ4v) is 2.35. The summed E-state index contributed by atoms with van der Waals surface area (Å²) in [5.74, 6) is 1.56. The molecule has 1 aromatic rings. The minimum atomic E-state index is 0.320. The van der Waals surface area contributed by atoms with E-state index in [1.165, 1.54) is 0 Å². The predicted octanol–water partition coefficient (Wildman–Crippen LogP) is 3.12. The molecule has 4 heteroatoms. The first-order valence-corrected chi connectivity index (χ1v) is 6.53. The zero-order valence-electron chi connectivity index (χ0n) is 11.7. The fraction of sp³-hybridized carbons (Fsp3) is 0.643. The highest BCUT2D eigenvalue weighted by atomic mass is 16.5. The largest absolute Gasteiger partial charge is 0.481 e. The number of nitrogens with zero attached hydrogens (tertiary/aromatic N) is 1. The van der Waals surface area contributed by atoms with Crippen molar-refractivity contribution in [1.82, 2.24) is 4.98 Å². The van der Waals surface area contributed by atoms with Gasteiger partial charge in [0.1, 0.15) is 0 Å². The molecule has 2 rings (SSSR count). The molecular weight excluding hydrogens is 226 g/mol. The standard InChI is InChI=1S/C14H23N3O/c1-14(2,3)9-10-7-8-15-11-5-6-12(18-4)17-13(11)16-10/h5-6,10,15H,7-9H2,1-4H3,(H,16,17). The number of pyridine rings is 1. The monoisotopic (exact) mass is 249 g/mol. The molecule has 0 aliphatic carbocycles. The maximum atomic E-state index is 5.18. The van der Waals surface area contributed by atoms with Crippen LogP contribution < -0.4 is 15.4 Å². The van der Waals surface area contributed by atoms with Crippen LogP contribution in [0.2, 0.25) is 0 Å². The van der Waals surface area contributed by atoms with Gasteiger partial charge in [-0.05, 0) is 24.3 Å². The second kappa shape index (κ2) is 5.04. The molecular formula is C14H23N3O. The van der Waals surface area contributed by atoms with E-state index >= 15 is 0 Å². The first kappa shape index (κ1) is 13.0. The van der Waals surface area contributed by atoms with E-state index < -0.39 is 0 Å².